The fourth-order valence-electron chi connectivity index (χ4n) is 1.70. The van der Waals surface area contributed by atoms with Crippen LogP contribution in [0.5, 0.6) is 0 Å². The van der Waals surface area contributed by atoms with E-state index in [2.05, 4.69) is 5.32 Å². The molecule has 1 aromatic carbocycles. The maximum Gasteiger partial charge on any atom is 0.124 e. The van der Waals surface area contributed by atoms with Gasteiger partial charge in [-0.3, -0.25) is 0 Å². The van der Waals surface area contributed by atoms with Gasteiger partial charge in [0.25, 0.3) is 0 Å². The standard InChI is InChI=1S/C11H13ClFNO/c1-15-9-5-8(6-9)14-11-3-2-7(13)4-10(11)12/h2-4,8-9,14H,5-6H2,1H3. The number of ether oxygens (including phenoxy) is 1. The minimum atomic E-state index is -0.311. The van der Waals surface area contributed by atoms with Gasteiger partial charge >= 0.3 is 0 Å². The summed E-state index contributed by atoms with van der Waals surface area (Å²) in [5.41, 5.74) is 0.789. The molecule has 1 aromatic rings. The molecule has 0 unspecified atom stereocenters. The van der Waals surface area contributed by atoms with E-state index in [0.29, 0.717) is 17.2 Å². The second-order valence-electron chi connectivity index (χ2n) is 3.79. The second-order valence-corrected chi connectivity index (χ2v) is 4.20. The Morgan fingerprint density at radius 2 is 2.20 bits per heavy atom. The topological polar surface area (TPSA) is 21.3 Å². The molecule has 1 N–H and O–H groups in total. The van der Waals surface area contributed by atoms with Gasteiger partial charge in [0.05, 0.1) is 16.8 Å². The molecular formula is C11H13ClFNO. The van der Waals surface area contributed by atoms with Crippen LogP contribution in [0.1, 0.15) is 12.8 Å². The lowest BCUT2D eigenvalue weighted by molar-refractivity contribution is 0.0329. The van der Waals surface area contributed by atoms with Crippen molar-refractivity contribution in [3.63, 3.8) is 0 Å². The molecule has 0 atom stereocenters. The van der Waals surface area contributed by atoms with Crippen molar-refractivity contribution in [3.8, 4) is 0 Å². The quantitative estimate of drug-likeness (QED) is 0.860. The predicted molar refractivity (Wildman–Crippen MR) is 58.9 cm³/mol. The summed E-state index contributed by atoms with van der Waals surface area (Å²) in [5.74, 6) is -0.311. The molecule has 2 nitrogen and oxygen atoms in total. The number of benzene rings is 1. The summed E-state index contributed by atoms with van der Waals surface area (Å²) >= 11 is 5.89. The number of rotatable bonds is 3. The molecule has 0 aromatic heterocycles. The highest BCUT2D eigenvalue weighted by Crippen LogP contribution is 2.29. The van der Waals surface area contributed by atoms with Crippen molar-refractivity contribution in [2.75, 3.05) is 12.4 Å². The minimum absolute atomic E-state index is 0.311. The Hall–Kier alpha value is -0.800. The summed E-state index contributed by atoms with van der Waals surface area (Å²) in [5, 5.41) is 3.69. The molecule has 0 radical (unpaired) electrons. The molecule has 4 heteroatoms. The highest BCUT2D eigenvalue weighted by atomic mass is 35.5. The normalized spacial score (nSPS) is 24.7. The van der Waals surface area contributed by atoms with Gasteiger partial charge in [0.1, 0.15) is 5.82 Å². The van der Waals surface area contributed by atoms with E-state index in [1.54, 1.807) is 13.2 Å². The summed E-state index contributed by atoms with van der Waals surface area (Å²) in [6, 6.07) is 4.77. The SMILES string of the molecule is COC1CC(Nc2ccc(F)cc2Cl)C1. The third-order valence-electron chi connectivity index (χ3n) is 2.72. The van der Waals surface area contributed by atoms with Crippen LogP contribution in [0.25, 0.3) is 0 Å². The Bertz CT molecular complexity index is 352. The maximum absolute atomic E-state index is 12.8. The van der Waals surface area contributed by atoms with Crippen LogP contribution in [0.3, 0.4) is 0 Å². The summed E-state index contributed by atoms with van der Waals surface area (Å²) in [6.07, 6.45) is 2.30. The fraction of sp³-hybridized carbons (Fsp3) is 0.455. The molecule has 0 heterocycles. The molecule has 15 heavy (non-hydrogen) atoms. The van der Waals surface area contributed by atoms with Gasteiger partial charge in [0, 0.05) is 13.2 Å². The molecule has 0 aliphatic heterocycles. The Balaban J connectivity index is 1.94. The Kier molecular flexibility index (Phi) is 3.12. The van der Waals surface area contributed by atoms with Crippen LogP contribution in [0, 0.1) is 5.82 Å². The lowest BCUT2D eigenvalue weighted by atomic mass is 9.89. The van der Waals surface area contributed by atoms with Crippen LogP contribution in [-0.2, 0) is 4.74 Å². The fourth-order valence-corrected chi connectivity index (χ4v) is 1.92. The number of methoxy groups -OCH3 is 1. The minimum Gasteiger partial charge on any atom is -0.381 e. The average molecular weight is 230 g/mol. The molecule has 0 saturated heterocycles. The van der Waals surface area contributed by atoms with Crippen molar-refractivity contribution in [2.45, 2.75) is 25.0 Å². The smallest absolute Gasteiger partial charge is 0.124 e. The van der Waals surface area contributed by atoms with Crippen molar-refractivity contribution in [1.29, 1.82) is 0 Å². The second kappa shape index (κ2) is 4.37. The lowest BCUT2D eigenvalue weighted by Crippen LogP contribution is -2.40. The van der Waals surface area contributed by atoms with Gasteiger partial charge < -0.3 is 10.1 Å². The molecular weight excluding hydrogens is 217 g/mol. The summed E-state index contributed by atoms with van der Waals surface area (Å²) < 4.78 is 17.9. The summed E-state index contributed by atoms with van der Waals surface area (Å²) in [7, 11) is 1.71. The molecule has 1 aliphatic carbocycles. The van der Waals surface area contributed by atoms with Gasteiger partial charge in [-0.05, 0) is 31.0 Å². The molecule has 1 aliphatic rings. The highest BCUT2D eigenvalue weighted by molar-refractivity contribution is 6.33. The molecule has 2 rings (SSSR count). The van der Waals surface area contributed by atoms with E-state index in [9.17, 15) is 4.39 Å². The van der Waals surface area contributed by atoms with Crippen molar-refractivity contribution in [2.24, 2.45) is 0 Å². The third kappa shape index (κ3) is 2.41. The van der Waals surface area contributed by atoms with E-state index in [-0.39, 0.29) is 5.82 Å². The van der Waals surface area contributed by atoms with E-state index in [4.69, 9.17) is 16.3 Å². The largest absolute Gasteiger partial charge is 0.381 e. The first kappa shape index (κ1) is 10.7. The Morgan fingerprint density at radius 1 is 1.47 bits per heavy atom. The maximum atomic E-state index is 12.8. The molecule has 0 bridgehead atoms. The summed E-state index contributed by atoms with van der Waals surface area (Å²) in [6.45, 7) is 0. The zero-order chi connectivity index (χ0) is 10.8. The van der Waals surface area contributed by atoms with Gasteiger partial charge in [-0.15, -0.1) is 0 Å². The lowest BCUT2D eigenvalue weighted by Gasteiger charge is -2.35. The van der Waals surface area contributed by atoms with Gasteiger partial charge in [-0.25, -0.2) is 4.39 Å². The average Bonchev–Trinajstić information content (AvgIpc) is 2.13. The van der Waals surface area contributed by atoms with E-state index in [1.807, 2.05) is 0 Å². The Labute approximate surface area is 93.4 Å². The number of hydrogen-bond donors (Lipinski definition) is 1. The zero-order valence-electron chi connectivity index (χ0n) is 8.47. The molecule has 1 fully saturated rings. The van der Waals surface area contributed by atoms with E-state index < -0.39 is 0 Å². The van der Waals surface area contributed by atoms with Crippen molar-refractivity contribution in [3.05, 3.63) is 29.0 Å². The van der Waals surface area contributed by atoms with Gasteiger partial charge in [-0.2, -0.15) is 0 Å². The van der Waals surface area contributed by atoms with Gasteiger partial charge in [-0.1, -0.05) is 11.6 Å². The van der Waals surface area contributed by atoms with Crippen LogP contribution in [0.4, 0.5) is 10.1 Å². The van der Waals surface area contributed by atoms with Gasteiger partial charge in [0.15, 0.2) is 0 Å². The first-order valence-corrected chi connectivity index (χ1v) is 5.31. The molecule has 0 amide bonds. The van der Waals surface area contributed by atoms with E-state index >= 15 is 0 Å². The van der Waals surface area contributed by atoms with Gasteiger partial charge in [0.2, 0.25) is 0 Å². The van der Waals surface area contributed by atoms with E-state index in [1.165, 1.54) is 12.1 Å². The zero-order valence-corrected chi connectivity index (χ0v) is 9.22. The molecule has 0 spiro atoms. The molecule has 82 valence electrons. The number of halogens is 2. The monoisotopic (exact) mass is 229 g/mol. The van der Waals surface area contributed by atoms with Crippen LogP contribution in [0.2, 0.25) is 5.02 Å². The van der Waals surface area contributed by atoms with E-state index in [0.717, 1.165) is 18.5 Å². The number of nitrogens with one attached hydrogen (secondary N) is 1. The number of hydrogen-bond acceptors (Lipinski definition) is 2. The predicted octanol–water partition coefficient (Wildman–Crippen LogP) is 3.07. The van der Waals surface area contributed by atoms with Crippen molar-refractivity contribution < 1.29 is 9.13 Å². The van der Waals surface area contributed by atoms with Crippen molar-refractivity contribution >= 4 is 17.3 Å². The first-order chi connectivity index (χ1) is 7.19. The van der Waals surface area contributed by atoms with Crippen LogP contribution < -0.4 is 5.32 Å². The summed E-state index contributed by atoms with van der Waals surface area (Å²) in [4.78, 5) is 0. The first-order valence-electron chi connectivity index (χ1n) is 4.93. The molecule has 1 saturated carbocycles. The van der Waals surface area contributed by atoms with Crippen LogP contribution in [0.15, 0.2) is 18.2 Å². The number of anilines is 1. The Morgan fingerprint density at radius 3 is 2.80 bits per heavy atom. The van der Waals surface area contributed by atoms with Crippen LogP contribution in [-0.4, -0.2) is 19.3 Å². The third-order valence-corrected chi connectivity index (χ3v) is 3.03. The van der Waals surface area contributed by atoms with Crippen LogP contribution >= 0.6 is 11.6 Å². The highest BCUT2D eigenvalue weighted by Gasteiger charge is 2.29. The van der Waals surface area contributed by atoms with Crippen molar-refractivity contribution in [1.82, 2.24) is 0 Å².